The average molecular weight is 326 g/mol. The summed E-state index contributed by atoms with van der Waals surface area (Å²) < 4.78 is 15.2. The molecule has 5 nitrogen and oxygen atoms in total. The third kappa shape index (κ3) is 3.47. The summed E-state index contributed by atoms with van der Waals surface area (Å²) in [5.41, 5.74) is -0.286. The molecule has 0 radical (unpaired) electrons. The Hall–Kier alpha value is -2.02. The number of carbonyl (C=O) groups excluding carboxylic acids is 1. The monoisotopic (exact) mass is 325 g/mol. The van der Waals surface area contributed by atoms with Crippen LogP contribution >= 0.6 is 15.9 Å². The summed E-state index contributed by atoms with van der Waals surface area (Å²) in [5, 5.41) is 2.39. The van der Waals surface area contributed by atoms with Gasteiger partial charge in [-0.1, -0.05) is 15.9 Å². The van der Waals surface area contributed by atoms with Gasteiger partial charge in [0, 0.05) is 16.7 Å². The van der Waals surface area contributed by atoms with Gasteiger partial charge in [0.1, 0.15) is 12.4 Å². The molecule has 0 aliphatic heterocycles. The molecular formula is C12H9BrFN3O2. The standard InChI is InChI=1S/C12H9BrFN3O2/c13-8-1-2-10(9(14)5-8)16-11(18)6-17-7-15-4-3-12(17)19/h1-5,7H,6H2,(H,16,18). The molecule has 98 valence electrons. The summed E-state index contributed by atoms with van der Waals surface area (Å²) in [6.45, 7) is -0.220. The molecule has 0 aliphatic carbocycles. The summed E-state index contributed by atoms with van der Waals surface area (Å²) in [5.74, 6) is -1.06. The second-order valence-electron chi connectivity index (χ2n) is 3.72. The minimum absolute atomic E-state index is 0.0603. The third-order valence-electron chi connectivity index (χ3n) is 2.31. The Morgan fingerprint density at radius 2 is 2.21 bits per heavy atom. The van der Waals surface area contributed by atoms with Gasteiger partial charge in [-0.25, -0.2) is 9.37 Å². The number of hydrogen-bond donors (Lipinski definition) is 1. The zero-order chi connectivity index (χ0) is 13.8. The maximum absolute atomic E-state index is 13.5. The summed E-state index contributed by atoms with van der Waals surface area (Å²) in [4.78, 5) is 26.8. The van der Waals surface area contributed by atoms with Crippen molar-refractivity contribution in [3.8, 4) is 0 Å². The van der Waals surface area contributed by atoms with Crippen LogP contribution in [0.4, 0.5) is 10.1 Å². The van der Waals surface area contributed by atoms with Gasteiger partial charge in [-0.2, -0.15) is 0 Å². The quantitative estimate of drug-likeness (QED) is 0.935. The first-order valence-electron chi connectivity index (χ1n) is 5.31. The fourth-order valence-electron chi connectivity index (χ4n) is 1.43. The summed E-state index contributed by atoms with van der Waals surface area (Å²) in [7, 11) is 0. The molecule has 2 rings (SSSR count). The fraction of sp³-hybridized carbons (Fsp3) is 0.0833. The van der Waals surface area contributed by atoms with Crippen LogP contribution in [0, 0.1) is 5.82 Å². The topological polar surface area (TPSA) is 64.0 Å². The number of anilines is 1. The molecule has 1 amide bonds. The second-order valence-corrected chi connectivity index (χ2v) is 4.63. The van der Waals surface area contributed by atoms with Crippen LogP contribution in [0.15, 0.2) is 46.1 Å². The van der Waals surface area contributed by atoms with Crippen LogP contribution in [0.2, 0.25) is 0 Å². The lowest BCUT2D eigenvalue weighted by Gasteiger charge is -2.07. The molecule has 7 heteroatoms. The Balaban J connectivity index is 2.10. The Morgan fingerprint density at radius 1 is 1.42 bits per heavy atom. The largest absolute Gasteiger partial charge is 0.322 e. The van der Waals surface area contributed by atoms with Crippen LogP contribution in [0.25, 0.3) is 0 Å². The highest BCUT2D eigenvalue weighted by atomic mass is 79.9. The Bertz CT molecular complexity index is 672. The fourth-order valence-corrected chi connectivity index (χ4v) is 1.77. The van der Waals surface area contributed by atoms with Crippen LogP contribution in [0.1, 0.15) is 0 Å². The molecule has 0 unspecified atom stereocenters. The number of carbonyl (C=O) groups is 1. The van der Waals surface area contributed by atoms with Crippen molar-refractivity contribution in [2.24, 2.45) is 0 Å². The van der Waals surface area contributed by atoms with Crippen molar-refractivity contribution < 1.29 is 9.18 Å². The SMILES string of the molecule is O=C(Cn1cnccc1=O)Nc1ccc(Br)cc1F. The van der Waals surface area contributed by atoms with Crippen LogP contribution < -0.4 is 10.9 Å². The smallest absolute Gasteiger partial charge is 0.253 e. The van der Waals surface area contributed by atoms with E-state index >= 15 is 0 Å². The van der Waals surface area contributed by atoms with Crippen molar-refractivity contribution in [1.82, 2.24) is 9.55 Å². The first kappa shape index (κ1) is 13.4. The molecule has 1 aromatic heterocycles. The number of hydrogen-bond acceptors (Lipinski definition) is 3. The first-order valence-corrected chi connectivity index (χ1v) is 6.11. The van der Waals surface area contributed by atoms with Crippen molar-refractivity contribution in [2.75, 3.05) is 5.32 Å². The first-order chi connectivity index (χ1) is 9.06. The van der Waals surface area contributed by atoms with E-state index in [1.807, 2.05) is 0 Å². The van der Waals surface area contributed by atoms with E-state index in [-0.39, 0.29) is 17.8 Å². The number of benzene rings is 1. The minimum Gasteiger partial charge on any atom is -0.322 e. The highest BCUT2D eigenvalue weighted by Gasteiger charge is 2.08. The molecule has 0 spiro atoms. The van der Waals surface area contributed by atoms with Gasteiger partial charge in [-0.05, 0) is 18.2 Å². The molecule has 1 heterocycles. The molecule has 0 fully saturated rings. The lowest BCUT2D eigenvalue weighted by Crippen LogP contribution is -2.27. The highest BCUT2D eigenvalue weighted by Crippen LogP contribution is 2.19. The van der Waals surface area contributed by atoms with Crippen molar-refractivity contribution in [3.63, 3.8) is 0 Å². The lowest BCUT2D eigenvalue weighted by atomic mass is 10.3. The molecule has 0 atom stereocenters. The summed E-state index contributed by atoms with van der Waals surface area (Å²) >= 11 is 3.12. The Morgan fingerprint density at radius 3 is 2.89 bits per heavy atom. The normalized spacial score (nSPS) is 10.2. The maximum atomic E-state index is 13.5. The number of nitrogens with one attached hydrogen (secondary N) is 1. The van der Waals surface area contributed by atoms with Gasteiger partial charge < -0.3 is 5.32 Å². The number of aromatic nitrogens is 2. The molecule has 0 aliphatic rings. The summed E-state index contributed by atoms with van der Waals surface area (Å²) in [6, 6.07) is 5.53. The zero-order valence-corrected chi connectivity index (χ0v) is 11.2. The molecule has 19 heavy (non-hydrogen) atoms. The van der Waals surface area contributed by atoms with Gasteiger partial charge in [0.05, 0.1) is 12.0 Å². The third-order valence-corrected chi connectivity index (χ3v) is 2.80. The van der Waals surface area contributed by atoms with Crippen molar-refractivity contribution in [3.05, 3.63) is 57.4 Å². The molecule has 0 saturated heterocycles. The van der Waals surface area contributed by atoms with E-state index in [2.05, 4.69) is 26.2 Å². The lowest BCUT2D eigenvalue weighted by molar-refractivity contribution is -0.116. The van der Waals surface area contributed by atoms with Gasteiger partial charge in [-0.3, -0.25) is 14.2 Å². The van der Waals surface area contributed by atoms with Gasteiger partial charge in [0.25, 0.3) is 5.56 Å². The van der Waals surface area contributed by atoms with Gasteiger partial charge in [0.15, 0.2) is 0 Å². The average Bonchev–Trinajstić information content (AvgIpc) is 2.36. The minimum atomic E-state index is -0.554. The number of nitrogens with zero attached hydrogens (tertiary/aromatic N) is 2. The molecule has 1 N–H and O–H groups in total. The van der Waals surface area contributed by atoms with E-state index in [4.69, 9.17) is 0 Å². The van der Waals surface area contributed by atoms with Gasteiger partial charge >= 0.3 is 0 Å². The van der Waals surface area contributed by atoms with Crippen molar-refractivity contribution in [2.45, 2.75) is 6.54 Å². The van der Waals surface area contributed by atoms with Crippen LogP contribution in [-0.2, 0) is 11.3 Å². The predicted octanol–water partition coefficient (Wildman–Crippen LogP) is 1.78. The van der Waals surface area contributed by atoms with E-state index in [1.165, 1.54) is 30.7 Å². The van der Waals surface area contributed by atoms with E-state index < -0.39 is 11.7 Å². The maximum Gasteiger partial charge on any atom is 0.253 e. The van der Waals surface area contributed by atoms with Crippen LogP contribution in [-0.4, -0.2) is 15.5 Å². The van der Waals surface area contributed by atoms with Crippen molar-refractivity contribution in [1.29, 1.82) is 0 Å². The van der Waals surface area contributed by atoms with E-state index in [0.29, 0.717) is 4.47 Å². The Labute approximate surface area is 116 Å². The van der Waals surface area contributed by atoms with E-state index in [9.17, 15) is 14.0 Å². The van der Waals surface area contributed by atoms with Crippen LogP contribution in [0.3, 0.4) is 0 Å². The Kier molecular flexibility index (Phi) is 4.06. The second kappa shape index (κ2) is 5.75. The number of halogens is 2. The van der Waals surface area contributed by atoms with Crippen molar-refractivity contribution >= 4 is 27.5 Å². The van der Waals surface area contributed by atoms with Crippen LogP contribution in [0.5, 0.6) is 0 Å². The summed E-state index contributed by atoms with van der Waals surface area (Å²) in [6.07, 6.45) is 2.59. The molecular weight excluding hydrogens is 317 g/mol. The number of rotatable bonds is 3. The molecule has 1 aromatic carbocycles. The zero-order valence-electron chi connectivity index (χ0n) is 9.64. The number of amides is 1. The van der Waals surface area contributed by atoms with Gasteiger partial charge in [-0.15, -0.1) is 0 Å². The molecule has 2 aromatic rings. The predicted molar refractivity (Wildman–Crippen MR) is 71.2 cm³/mol. The van der Waals surface area contributed by atoms with E-state index in [0.717, 1.165) is 4.57 Å². The highest BCUT2D eigenvalue weighted by molar-refractivity contribution is 9.10. The molecule has 0 saturated carbocycles. The molecule has 0 bridgehead atoms. The van der Waals surface area contributed by atoms with E-state index in [1.54, 1.807) is 6.07 Å². The van der Waals surface area contributed by atoms with Gasteiger partial charge in [0.2, 0.25) is 5.91 Å².